The first-order valence-corrected chi connectivity index (χ1v) is 19.5. The molecule has 58 heavy (non-hydrogen) atoms. The average molecular weight is 741 g/mol. The summed E-state index contributed by atoms with van der Waals surface area (Å²) in [5, 5.41) is 9.27. The summed E-state index contributed by atoms with van der Waals surface area (Å²) in [6.45, 7) is 0. The summed E-state index contributed by atoms with van der Waals surface area (Å²) >= 11 is 0. The molecule has 0 aliphatic heterocycles. The number of fused-ring (bicyclic) bond motifs is 8. The lowest BCUT2D eigenvalue weighted by Gasteiger charge is -2.16. The fourth-order valence-corrected chi connectivity index (χ4v) is 8.69. The van der Waals surface area contributed by atoms with E-state index in [4.69, 9.17) is 19.4 Å². The fourth-order valence-electron chi connectivity index (χ4n) is 8.69. The third-order valence-electron chi connectivity index (χ3n) is 11.4. The van der Waals surface area contributed by atoms with Crippen molar-refractivity contribution in [3.05, 3.63) is 194 Å². The molecule has 0 bridgehead atoms. The van der Waals surface area contributed by atoms with Crippen LogP contribution in [0.1, 0.15) is 0 Å². The highest BCUT2D eigenvalue weighted by Crippen LogP contribution is 2.43. The number of hydrogen-bond donors (Lipinski definition) is 0. The zero-order chi connectivity index (χ0) is 38.2. The normalized spacial score (nSPS) is 11.8. The van der Waals surface area contributed by atoms with Crippen molar-refractivity contribution >= 4 is 65.3 Å². The minimum absolute atomic E-state index is 0.595. The maximum Gasteiger partial charge on any atom is 0.164 e. The molecule has 0 spiro atoms. The highest BCUT2D eigenvalue weighted by molar-refractivity contribution is 6.17. The first kappa shape index (κ1) is 32.4. The molecule has 270 valence electrons. The van der Waals surface area contributed by atoms with Gasteiger partial charge in [0.05, 0.1) is 11.0 Å². The van der Waals surface area contributed by atoms with Gasteiger partial charge in [-0.25, -0.2) is 15.0 Å². The van der Waals surface area contributed by atoms with Crippen LogP contribution in [0.5, 0.6) is 0 Å². The lowest BCUT2D eigenvalue weighted by molar-refractivity contribution is 0.669. The third kappa shape index (κ3) is 5.14. The van der Waals surface area contributed by atoms with Crippen molar-refractivity contribution in [2.45, 2.75) is 0 Å². The molecule has 0 amide bonds. The Hall–Kier alpha value is -7.89. The number of benzene rings is 9. The van der Waals surface area contributed by atoms with E-state index in [-0.39, 0.29) is 0 Å². The van der Waals surface area contributed by atoms with E-state index in [0.717, 1.165) is 77.2 Å². The first-order valence-electron chi connectivity index (χ1n) is 19.5. The minimum atomic E-state index is 0.595. The Kier molecular flexibility index (Phi) is 7.16. The van der Waals surface area contributed by atoms with E-state index in [1.165, 1.54) is 21.5 Å². The lowest BCUT2D eigenvalue weighted by Crippen LogP contribution is -2.02. The Morgan fingerprint density at radius 2 is 0.931 bits per heavy atom. The predicted octanol–water partition coefficient (Wildman–Crippen LogP) is 13.8. The van der Waals surface area contributed by atoms with Crippen LogP contribution in [-0.4, -0.2) is 19.5 Å². The van der Waals surface area contributed by atoms with Crippen LogP contribution in [0.25, 0.3) is 116 Å². The van der Waals surface area contributed by atoms with Crippen LogP contribution >= 0.6 is 0 Å². The van der Waals surface area contributed by atoms with E-state index >= 15 is 0 Å². The number of rotatable bonds is 5. The first-order chi connectivity index (χ1) is 28.7. The smallest absolute Gasteiger partial charge is 0.164 e. The van der Waals surface area contributed by atoms with Gasteiger partial charge in [-0.3, -0.25) is 0 Å². The molecule has 5 heteroatoms. The van der Waals surface area contributed by atoms with E-state index < -0.39 is 0 Å². The fraction of sp³-hybridized carbons (Fsp3) is 0. The SMILES string of the molecule is c1ccc(-c2nc(-c3ccccc3)nc(-c3ccc(-n4c5ccccc5c5cc6ccccc6cc54)cc3-c3cccc4oc5cc6ccccc6cc5c34)n2)cc1. The monoisotopic (exact) mass is 740 g/mol. The molecule has 12 aromatic rings. The van der Waals surface area contributed by atoms with Crippen molar-refractivity contribution in [3.8, 4) is 51.0 Å². The van der Waals surface area contributed by atoms with Gasteiger partial charge in [0.2, 0.25) is 0 Å². The molecule has 12 rings (SSSR count). The van der Waals surface area contributed by atoms with Crippen LogP contribution in [0.3, 0.4) is 0 Å². The molecule has 0 saturated heterocycles. The summed E-state index contributed by atoms with van der Waals surface area (Å²) in [5.41, 5.74) is 9.79. The van der Waals surface area contributed by atoms with Gasteiger partial charge in [0.1, 0.15) is 11.2 Å². The number of para-hydroxylation sites is 1. The topological polar surface area (TPSA) is 56.7 Å². The molecule has 0 radical (unpaired) electrons. The number of aromatic nitrogens is 4. The van der Waals surface area contributed by atoms with Gasteiger partial charge in [0.15, 0.2) is 17.5 Å². The Morgan fingerprint density at radius 1 is 0.345 bits per heavy atom. The Bertz CT molecular complexity index is 3510. The van der Waals surface area contributed by atoms with Gasteiger partial charge in [-0.1, -0.05) is 140 Å². The van der Waals surface area contributed by atoms with Crippen molar-refractivity contribution in [3.63, 3.8) is 0 Å². The maximum atomic E-state index is 6.63. The van der Waals surface area contributed by atoms with Crippen molar-refractivity contribution in [1.82, 2.24) is 19.5 Å². The quantitative estimate of drug-likeness (QED) is 0.176. The molecule has 0 N–H and O–H groups in total. The molecule has 9 aromatic carbocycles. The van der Waals surface area contributed by atoms with Gasteiger partial charge in [-0.2, -0.15) is 0 Å². The number of hydrogen-bond acceptors (Lipinski definition) is 4. The molecule has 0 atom stereocenters. The second-order valence-electron chi connectivity index (χ2n) is 14.8. The van der Waals surface area contributed by atoms with Crippen molar-refractivity contribution < 1.29 is 4.42 Å². The number of nitrogens with zero attached hydrogens (tertiary/aromatic N) is 4. The van der Waals surface area contributed by atoms with Gasteiger partial charge < -0.3 is 8.98 Å². The molecule has 3 aromatic heterocycles. The van der Waals surface area contributed by atoms with Gasteiger partial charge >= 0.3 is 0 Å². The molecule has 0 saturated carbocycles. The minimum Gasteiger partial charge on any atom is -0.456 e. The lowest BCUT2D eigenvalue weighted by atomic mass is 9.93. The molecule has 0 fully saturated rings. The summed E-state index contributed by atoms with van der Waals surface area (Å²) in [6, 6.07) is 68.1. The second-order valence-corrected chi connectivity index (χ2v) is 14.8. The molecule has 0 unspecified atom stereocenters. The Labute approximate surface area is 333 Å². The second kappa shape index (κ2) is 12.8. The zero-order valence-electron chi connectivity index (χ0n) is 31.2. The highest BCUT2D eigenvalue weighted by atomic mass is 16.3. The highest BCUT2D eigenvalue weighted by Gasteiger charge is 2.22. The van der Waals surface area contributed by atoms with Gasteiger partial charge in [-0.15, -0.1) is 0 Å². The van der Waals surface area contributed by atoms with E-state index in [9.17, 15) is 0 Å². The summed E-state index contributed by atoms with van der Waals surface area (Å²) in [4.78, 5) is 15.5. The van der Waals surface area contributed by atoms with Crippen molar-refractivity contribution in [2.24, 2.45) is 0 Å². The van der Waals surface area contributed by atoms with Crippen LogP contribution in [0, 0.1) is 0 Å². The summed E-state index contributed by atoms with van der Waals surface area (Å²) in [6.07, 6.45) is 0. The maximum absolute atomic E-state index is 6.63. The molecular formula is C53H32N4O. The Balaban J connectivity index is 1.18. The van der Waals surface area contributed by atoms with Crippen molar-refractivity contribution in [1.29, 1.82) is 0 Å². The molecule has 0 aliphatic carbocycles. The van der Waals surface area contributed by atoms with Gasteiger partial charge in [0, 0.05) is 43.9 Å². The van der Waals surface area contributed by atoms with Crippen LogP contribution in [0.4, 0.5) is 0 Å². The van der Waals surface area contributed by atoms with Gasteiger partial charge in [-0.05, 0) is 87.3 Å². The van der Waals surface area contributed by atoms with E-state index in [2.05, 4.69) is 138 Å². The largest absolute Gasteiger partial charge is 0.456 e. The Morgan fingerprint density at radius 3 is 1.64 bits per heavy atom. The van der Waals surface area contributed by atoms with E-state index in [0.29, 0.717) is 17.5 Å². The van der Waals surface area contributed by atoms with Crippen LogP contribution in [0.2, 0.25) is 0 Å². The molecule has 0 aliphatic rings. The zero-order valence-corrected chi connectivity index (χ0v) is 31.2. The van der Waals surface area contributed by atoms with Crippen LogP contribution in [-0.2, 0) is 0 Å². The van der Waals surface area contributed by atoms with Gasteiger partial charge in [0.25, 0.3) is 0 Å². The molecule has 3 heterocycles. The predicted molar refractivity (Wildman–Crippen MR) is 238 cm³/mol. The standard InChI is InChI=1S/C53H32N4O/c1-3-14-33(15-4-1)51-54-52(34-16-5-2-6-17-34)56-53(55-51)42-27-26-39(57-46-24-12-11-22-40(46)44-28-35-18-7-9-20-37(35)30-47(44)57)32-43(42)41-23-13-25-48-50(41)45-29-36-19-8-10-21-38(36)31-49(45)58-48/h1-32H. The van der Waals surface area contributed by atoms with Crippen LogP contribution < -0.4 is 0 Å². The molecular weight excluding hydrogens is 709 g/mol. The average Bonchev–Trinajstić information content (AvgIpc) is 3.82. The van der Waals surface area contributed by atoms with Crippen LogP contribution in [0.15, 0.2) is 199 Å². The van der Waals surface area contributed by atoms with Crippen molar-refractivity contribution in [2.75, 3.05) is 0 Å². The molecule has 5 nitrogen and oxygen atoms in total. The summed E-state index contributed by atoms with van der Waals surface area (Å²) < 4.78 is 9.03. The van der Waals surface area contributed by atoms with E-state index in [1.54, 1.807) is 0 Å². The number of furan rings is 1. The summed E-state index contributed by atoms with van der Waals surface area (Å²) in [5.74, 6) is 1.83. The third-order valence-corrected chi connectivity index (χ3v) is 11.4. The van der Waals surface area contributed by atoms with E-state index in [1.807, 2.05) is 60.7 Å². The summed E-state index contributed by atoms with van der Waals surface area (Å²) in [7, 11) is 0.